The van der Waals surface area contributed by atoms with Crippen LogP contribution in [-0.2, 0) is 9.59 Å². The number of hydrogen-bond donors (Lipinski definition) is 2. The summed E-state index contributed by atoms with van der Waals surface area (Å²) in [6, 6.07) is 0. The Morgan fingerprint density at radius 2 is 1.83 bits per heavy atom. The Hall–Kier alpha value is -0.810. The number of halogens is 1. The third kappa shape index (κ3) is 4.46. The maximum atomic E-state index is 12.2. The molecule has 0 aromatic heterocycles. The first-order valence-corrected chi connectivity index (χ1v) is 6.24. The van der Waals surface area contributed by atoms with Gasteiger partial charge in [-0.25, -0.2) is 0 Å². The zero-order chi connectivity index (χ0) is 12.9. The van der Waals surface area contributed by atoms with Crippen LogP contribution in [0.3, 0.4) is 0 Å². The molecule has 106 valence electrons. The summed E-state index contributed by atoms with van der Waals surface area (Å²) in [5, 5.41) is 2.54. The molecule has 0 spiro atoms. The fraction of sp³-hybridized carbons (Fsp3) is 0.833. The summed E-state index contributed by atoms with van der Waals surface area (Å²) >= 11 is 0. The standard InChI is InChI=1S/C12H23N3O2.ClH/c1-14-10(16)6-9-15(2)11(17)12(13)7-4-3-5-8-12;/h3-9,13H2,1-2H3,(H,14,16);1H. The second kappa shape index (κ2) is 7.59. The summed E-state index contributed by atoms with van der Waals surface area (Å²) in [5.74, 6) is -0.0829. The molecule has 0 aliphatic heterocycles. The number of rotatable bonds is 4. The van der Waals surface area contributed by atoms with Gasteiger partial charge in [-0.15, -0.1) is 12.4 Å². The van der Waals surface area contributed by atoms with Gasteiger partial charge in [0.25, 0.3) is 0 Å². The van der Waals surface area contributed by atoms with E-state index in [-0.39, 0.29) is 24.2 Å². The van der Waals surface area contributed by atoms with Crippen LogP contribution in [0.25, 0.3) is 0 Å². The zero-order valence-electron chi connectivity index (χ0n) is 11.2. The van der Waals surface area contributed by atoms with Crippen LogP contribution < -0.4 is 11.1 Å². The van der Waals surface area contributed by atoms with E-state index in [0.717, 1.165) is 32.1 Å². The maximum Gasteiger partial charge on any atom is 0.242 e. The Morgan fingerprint density at radius 3 is 2.33 bits per heavy atom. The van der Waals surface area contributed by atoms with Crippen molar-refractivity contribution in [2.24, 2.45) is 5.73 Å². The third-order valence-electron chi connectivity index (χ3n) is 3.47. The van der Waals surface area contributed by atoms with E-state index in [9.17, 15) is 9.59 Å². The Bertz CT molecular complexity index is 291. The van der Waals surface area contributed by atoms with Crippen LogP contribution in [-0.4, -0.2) is 42.9 Å². The van der Waals surface area contributed by atoms with Gasteiger partial charge in [-0.05, 0) is 12.8 Å². The fourth-order valence-electron chi connectivity index (χ4n) is 2.27. The minimum atomic E-state index is -0.699. The van der Waals surface area contributed by atoms with Gasteiger partial charge in [0.05, 0.1) is 5.54 Å². The summed E-state index contributed by atoms with van der Waals surface area (Å²) in [7, 11) is 3.31. The molecular formula is C12H24ClN3O2. The Morgan fingerprint density at radius 1 is 1.28 bits per heavy atom. The summed E-state index contributed by atoms with van der Waals surface area (Å²) in [5.41, 5.74) is 5.45. The number of nitrogens with zero attached hydrogens (tertiary/aromatic N) is 1. The van der Waals surface area contributed by atoms with Crippen LogP contribution >= 0.6 is 12.4 Å². The predicted octanol–water partition coefficient (Wildman–Crippen LogP) is 0.664. The molecule has 1 rings (SSSR count). The lowest BCUT2D eigenvalue weighted by Crippen LogP contribution is -2.55. The smallest absolute Gasteiger partial charge is 0.242 e. The van der Waals surface area contributed by atoms with E-state index in [0.29, 0.717) is 13.0 Å². The summed E-state index contributed by atoms with van der Waals surface area (Å²) < 4.78 is 0. The lowest BCUT2D eigenvalue weighted by Gasteiger charge is -2.35. The van der Waals surface area contributed by atoms with Crippen LogP contribution in [0.5, 0.6) is 0 Å². The number of amides is 2. The molecular weight excluding hydrogens is 254 g/mol. The average molecular weight is 278 g/mol. The van der Waals surface area contributed by atoms with E-state index < -0.39 is 5.54 Å². The van der Waals surface area contributed by atoms with Gasteiger partial charge in [0.15, 0.2) is 0 Å². The van der Waals surface area contributed by atoms with Crippen LogP contribution in [0.4, 0.5) is 0 Å². The highest BCUT2D eigenvalue weighted by atomic mass is 35.5. The molecule has 0 saturated heterocycles. The number of nitrogens with two attached hydrogens (primary N) is 1. The zero-order valence-corrected chi connectivity index (χ0v) is 12.0. The molecule has 1 aliphatic rings. The highest BCUT2D eigenvalue weighted by molar-refractivity contribution is 5.86. The maximum absolute atomic E-state index is 12.2. The van der Waals surface area contributed by atoms with E-state index in [1.165, 1.54) is 0 Å². The van der Waals surface area contributed by atoms with E-state index in [1.807, 2.05) is 0 Å². The Balaban J connectivity index is 0.00000289. The molecule has 0 aromatic rings. The molecule has 1 fully saturated rings. The van der Waals surface area contributed by atoms with Crippen molar-refractivity contribution in [2.75, 3.05) is 20.6 Å². The first kappa shape index (κ1) is 17.2. The van der Waals surface area contributed by atoms with Gasteiger partial charge in [0.1, 0.15) is 0 Å². The Labute approximate surface area is 115 Å². The van der Waals surface area contributed by atoms with Crippen molar-refractivity contribution in [3.63, 3.8) is 0 Å². The highest BCUT2D eigenvalue weighted by Gasteiger charge is 2.37. The van der Waals surface area contributed by atoms with Crippen LogP contribution in [0.15, 0.2) is 0 Å². The molecule has 0 heterocycles. The largest absolute Gasteiger partial charge is 0.359 e. The van der Waals surface area contributed by atoms with Crippen molar-refractivity contribution < 1.29 is 9.59 Å². The topological polar surface area (TPSA) is 75.4 Å². The van der Waals surface area contributed by atoms with E-state index in [1.54, 1.807) is 19.0 Å². The van der Waals surface area contributed by atoms with Crippen molar-refractivity contribution >= 4 is 24.2 Å². The van der Waals surface area contributed by atoms with Crippen molar-refractivity contribution in [1.29, 1.82) is 0 Å². The first-order valence-electron chi connectivity index (χ1n) is 6.24. The molecule has 6 heteroatoms. The lowest BCUT2D eigenvalue weighted by atomic mass is 9.81. The second-order valence-electron chi connectivity index (χ2n) is 4.87. The molecule has 5 nitrogen and oxygen atoms in total. The number of carbonyl (C=O) groups is 2. The normalized spacial score (nSPS) is 17.5. The molecule has 1 saturated carbocycles. The van der Waals surface area contributed by atoms with Gasteiger partial charge >= 0.3 is 0 Å². The quantitative estimate of drug-likeness (QED) is 0.793. The van der Waals surface area contributed by atoms with Gasteiger partial charge in [-0.3, -0.25) is 9.59 Å². The van der Waals surface area contributed by atoms with Crippen molar-refractivity contribution in [2.45, 2.75) is 44.1 Å². The fourth-order valence-corrected chi connectivity index (χ4v) is 2.27. The summed E-state index contributed by atoms with van der Waals surface area (Å²) in [6.07, 6.45) is 5.05. The molecule has 18 heavy (non-hydrogen) atoms. The van der Waals surface area contributed by atoms with Gasteiger partial charge < -0.3 is 16.0 Å². The van der Waals surface area contributed by atoms with Gasteiger partial charge in [0, 0.05) is 27.1 Å². The van der Waals surface area contributed by atoms with E-state index in [2.05, 4.69) is 5.32 Å². The molecule has 3 N–H and O–H groups in total. The summed E-state index contributed by atoms with van der Waals surface area (Å²) in [4.78, 5) is 24.9. The van der Waals surface area contributed by atoms with E-state index >= 15 is 0 Å². The van der Waals surface area contributed by atoms with Crippen molar-refractivity contribution in [3.05, 3.63) is 0 Å². The third-order valence-corrected chi connectivity index (χ3v) is 3.47. The van der Waals surface area contributed by atoms with Crippen LogP contribution in [0, 0.1) is 0 Å². The second-order valence-corrected chi connectivity index (χ2v) is 4.87. The summed E-state index contributed by atoms with van der Waals surface area (Å²) in [6.45, 7) is 0.428. The molecule has 0 unspecified atom stereocenters. The predicted molar refractivity (Wildman–Crippen MR) is 73.6 cm³/mol. The molecule has 0 aromatic carbocycles. The Kier molecular flexibility index (Phi) is 7.25. The highest BCUT2D eigenvalue weighted by Crippen LogP contribution is 2.27. The van der Waals surface area contributed by atoms with E-state index in [4.69, 9.17) is 5.73 Å². The monoisotopic (exact) mass is 277 g/mol. The number of likely N-dealkylation sites (N-methyl/N-ethyl adjacent to an activating group) is 1. The minimum Gasteiger partial charge on any atom is -0.359 e. The van der Waals surface area contributed by atoms with Gasteiger partial charge in [-0.1, -0.05) is 19.3 Å². The molecule has 0 bridgehead atoms. The minimum absolute atomic E-state index is 0. The first-order chi connectivity index (χ1) is 7.99. The number of nitrogens with one attached hydrogen (secondary N) is 1. The van der Waals surface area contributed by atoms with Crippen LogP contribution in [0.1, 0.15) is 38.5 Å². The number of hydrogen-bond acceptors (Lipinski definition) is 3. The molecule has 1 aliphatic carbocycles. The van der Waals surface area contributed by atoms with Gasteiger partial charge in [-0.2, -0.15) is 0 Å². The lowest BCUT2D eigenvalue weighted by molar-refractivity contribution is -0.137. The van der Waals surface area contributed by atoms with Crippen molar-refractivity contribution in [1.82, 2.24) is 10.2 Å². The average Bonchev–Trinajstić information content (AvgIpc) is 2.35. The molecule has 0 atom stereocenters. The molecule has 2 amide bonds. The molecule has 0 radical (unpaired) electrons. The van der Waals surface area contributed by atoms with Crippen LogP contribution in [0.2, 0.25) is 0 Å². The van der Waals surface area contributed by atoms with Crippen molar-refractivity contribution in [3.8, 4) is 0 Å². The number of carbonyl (C=O) groups excluding carboxylic acids is 2. The SMILES string of the molecule is CNC(=O)CCN(C)C(=O)C1(N)CCCCC1.Cl. The van der Waals surface area contributed by atoms with Gasteiger partial charge in [0.2, 0.25) is 11.8 Å².